The van der Waals surface area contributed by atoms with Crippen LogP contribution in [0.4, 0.5) is 4.39 Å². The molecular weight excluding hydrogens is 311 g/mol. The number of esters is 1. The molecule has 0 aliphatic heterocycles. The van der Waals surface area contributed by atoms with Gasteiger partial charge in [0.25, 0.3) is 5.91 Å². The van der Waals surface area contributed by atoms with Gasteiger partial charge in [-0.15, -0.1) is 0 Å². The fourth-order valence-electron chi connectivity index (χ4n) is 1.74. The highest BCUT2D eigenvalue weighted by molar-refractivity contribution is 6.30. The number of carbonyl (C=O) groups is 2. The Hall–Kier alpha value is -2.34. The average Bonchev–Trinajstić information content (AvgIpc) is 2.93. The first-order chi connectivity index (χ1) is 10.5. The van der Waals surface area contributed by atoms with Crippen molar-refractivity contribution in [2.75, 3.05) is 13.2 Å². The zero-order valence-electron chi connectivity index (χ0n) is 11.6. The maximum absolute atomic E-state index is 12.7. The first kappa shape index (κ1) is 16.0. The Balaban J connectivity index is 1.67. The van der Waals surface area contributed by atoms with E-state index in [1.165, 1.54) is 24.4 Å². The molecule has 2 aromatic rings. The smallest absolute Gasteiger partial charge is 0.355 e. The van der Waals surface area contributed by atoms with Crippen molar-refractivity contribution in [3.05, 3.63) is 58.6 Å². The van der Waals surface area contributed by atoms with Crippen LogP contribution in [0.5, 0.6) is 0 Å². The number of ether oxygens (including phenoxy) is 1. The van der Waals surface area contributed by atoms with Crippen LogP contribution in [0.2, 0.25) is 5.02 Å². The molecule has 0 aliphatic rings. The van der Waals surface area contributed by atoms with E-state index in [0.29, 0.717) is 18.0 Å². The van der Waals surface area contributed by atoms with Crippen molar-refractivity contribution in [3.63, 3.8) is 0 Å². The molecule has 116 valence electrons. The average molecular weight is 325 g/mol. The second kappa shape index (κ2) is 7.61. The van der Waals surface area contributed by atoms with Gasteiger partial charge in [0.15, 0.2) is 6.61 Å². The molecule has 0 unspecified atom stereocenters. The molecule has 0 bridgehead atoms. The molecule has 2 rings (SSSR count). The molecule has 0 saturated carbocycles. The molecule has 0 spiro atoms. The maximum atomic E-state index is 12.7. The van der Waals surface area contributed by atoms with Crippen LogP contribution in [-0.4, -0.2) is 30.0 Å². The Morgan fingerprint density at radius 3 is 2.64 bits per heavy atom. The van der Waals surface area contributed by atoms with Crippen molar-refractivity contribution in [2.24, 2.45) is 0 Å². The fraction of sp³-hybridized carbons (Fsp3) is 0.200. The lowest BCUT2D eigenvalue weighted by molar-refractivity contribution is -0.124. The van der Waals surface area contributed by atoms with Gasteiger partial charge < -0.3 is 15.0 Å². The van der Waals surface area contributed by atoms with Crippen LogP contribution in [0.3, 0.4) is 0 Å². The number of hydrogen-bond donors (Lipinski definition) is 2. The molecule has 5 nitrogen and oxygen atoms in total. The van der Waals surface area contributed by atoms with Crippen molar-refractivity contribution in [1.29, 1.82) is 0 Å². The summed E-state index contributed by atoms with van der Waals surface area (Å²) in [5, 5.41) is 3.00. The van der Waals surface area contributed by atoms with Crippen LogP contribution in [-0.2, 0) is 16.0 Å². The topological polar surface area (TPSA) is 71.2 Å². The molecule has 1 aromatic heterocycles. The van der Waals surface area contributed by atoms with Gasteiger partial charge in [0, 0.05) is 12.7 Å². The standard InChI is InChI=1S/C15H14ClFN2O3/c16-11-7-13(19-8-11)15(21)22-9-14(20)18-6-5-10-1-3-12(17)4-2-10/h1-4,7-8,19H,5-6,9H2,(H,18,20). The Kier molecular flexibility index (Phi) is 5.55. The molecule has 0 radical (unpaired) electrons. The summed E-state index contributed by atoms with van der Waals surface area (Å²) in [5.41, 5.74) is 1.09. The molecule has 1 aromatic carbocycles. The molecule has 7 heteroatoms. The van der Waals surface area contributed by atoms with Crippen molar-refractivity contribution in [1.82, 2.24) is 10.3 Å². The van der Waals surface area contributed by atoms with Gasteiger partial charge in [-0.1, -0.05) is 23.7 Å². The fourth-order valence-corrected chi connectivity index (χ4v) is 1.91. The Morgan fingerprint density at radius 2 is 2.00 bits per heavy atom. The molecule has 22 heavy (non-hydrogen) atoms. The van der Waals surface area contributed by atoms with Crippen LogP contribution in [0.15, 0.2) is 36.5 Å². The highest BCUT2D eigenvalue weighted by Crippen LogP contribution is 2.10. The highest BCUT2D eigenvalue weighted by Gasteiger charge is 2.11. The zero-order valence-corrected chi connectivity index (χ0v) is 12.3. The number of benzene rings is 1. The summed E-state index contributed by atoms with van der Waals surface area (Å²) >= 11 is 5.66. The van der Waals surface area contributed by atoms with Gasteiger partial charge in [-0.3, -0.25) is 4.79 Å². The second-order valence-corrected chi connectivity index (χ2v) is 4.97. The van der Waals surface area contributed by atoms with Gasteiger partial charge >= 0.3 is 5.97 Å². The number of rotatable bonds is 6. The van der Waals surface area contributed by atoms with Crippen molar-refractivity contribution in [2.45, 2.75) is 6.42 Å². The molecular formula is C15H14ClFN2O3. The number of amides is 1. The highest BCUT2D eigenvalue weighted by atomic mass is 35.5. The van der Waals surface area contributed by atoms with Crippen LogP contribution >= 0.6 is 11.6 Å². The molecule has 2 N–H and O–H groups in total. The predicted octanol–water partition coefficient (Wildman–Crippen LogP) is 2.32. The first-order valence-electron chi connectivity index (χ1n) is 6.57. The summed E-state index contributed by atoms with van der Waals surface area (Å²) in [6, 6.07) is 7.43. The minimum absolute atomic E-state index is 0.184. The molecule has 0 saturated heterocycles. The third-order valence-corrected chi connectivity index (χ3v) is 3.07. The van der Waals surface area contributed by atoms with Gasteiger partial charge in [0.2, 0.25) is 0 Å². The lowest BCUT2D eigenvalue weighted by Gasteiger charge is -2.06. The largest absolute Gasteiger partial charge is 0.451 e. The van der Waals surface area contributed by atoms with Crippen LogP contribution in [0.1, 0.15) is 16.1 Å². The summed E-state index contributed by atoms with van der Waals surface area (Å²) in [6.45, 7) is -0.00473. The lowest BCUT2D eigenvalue weighted by atomic mass is 10.1. The number of nitrogens with one attached hydrogen (secondary N) is 2. The van der Waals surface area contributed by atoms with Gasteiger partial charge in [-0.2, -0.15) is 0 Å². The van der Waals surface area contributed by atoms with Gasteiger partial charge in [-0.05, 0) is 30.2 Å². The molecule has 0 fully saturated rings. The molecule has 1 heterocycles. The summed E-state index contributed by atoms with van der Waals surface area (Å²) in [4.78, 5) is 25.7. The van der Waals surface area contributed by atoms with E-state index >= 15 is 0 Å². The predicted molar refractivity (Wildman–Crippen MR) is 79.2 cm³/mol. The SMILES string of the molecule is O=C(COC(=O)c1cc(Cl)c[nH]1)NCCc1ccc(F)cc1. The lowest BCUT2D eigenvalue weighted by Crippen LogP contribution is -2.30. The van der Waals surface area contributed by atoms with E-state index in [-0.39, 0.29) is 18.1 Å². The minimum Gasteiger partial charge on any atom is -0.451 e. The number of hydrogen-bond acceptors (Lipinski definition) is 3. The van der Waals surface area contributed by atoms with Gasteiger partial charge in [0.1, 0.15) is 11.5 Å². The van der Waals surface area contributed by atoms with E-state index in [2.05, 4.69) is 10.3 Å². The van der Waals surface area contributed by atoms with Crippen molar-refractivity contribution in [3.8, 4) is 0 Å². The minimum atomic E-state index is -0.652. The van der Waals surface area contributed by atoms with Crippen LogP contribution < -0.4 is 5.32 Å². The third kappa shape index (κ3) is 4.89. The third-order valence-electron chi connectivity index (χ3n) is 2.85. The second-order valence-electron chi connectivity index (χ2n) is 4.53. The number of H-pyrrole nitrogens is 1. The first-order valence-corrected chi connectivity index (χ1v) is 6.94. The monoisotopic (exact) mass is 324 g/mol. The zero-order chi connectivity index (χ0) is 15.9. The summed E-state index contributed by atoms with van der Waals surface area (Å²) in [5.74, 6) is -1.36. The van der Waals surface area contributed by atoms with E-state index in [0.717, 1.165) is 5.56 Å². The van der Waals surface area contributed by atoms with Gasteiger partial charge in [0.05, 0.1) is 5.02 Å². The van der Waals surface area contributed by atoms with Crippen LogP contribution in [0.25, 0.3) is 0 Å². The van der Waals surface area contributed by atoms with E-state index in [1.807, 2.05) is 0 Å². The normalized spacial score (nSPS) is 10.3. The van der Waals surface area contributed by atoms with Gasteiger partial charge in [-0.25, -0.2) is 9.18 Å². The number of halogens is 2. The Morgan fingerprint density at radius 1 is 1.27 bits per heavy atom. The molecule has 1 amide bonds. The van der Waals surface area contributed by atoms with E-state index in [1.54, 1.807) is 12.1 Å². The van der Waals surface area contributed by atoms with Crippen LogP contribution in [0, 0.1) is 5.82 Å². The molecule has 0 atom stereocenters. The van der Waals surface area contributed by atoms with E-state index < -0.39 is 11.9 Å². The maximum Gasteiger partial charge on any atom is 0.355 e. The molecule has 0 aliphatic carbocycles. The quantitative estimate of drug-likeness (QED) is 0.801. The summed E-state index contributed by atoms with van der Waals surface area (Å²) in [7, 11) is 0. The number of aromatic amines is 1. The van der Waals surface area contributed by atoms with Crippen molar-refractivity contribution < 1.29 is 18.7 Å². The van der Waals surface area contributed by atoms with E-state index in [9.17, 15) is 14.0 Å². The Labute approximate surface area is 131 Å². The summed E-state index contributed by atoms with van der Waals surface area (Å²) < 4.78 is 17.6. The number of carbonyl (C=O) groups excluding carboxylic acids is 2. The number of aromatic nitrogens is 1. The Bertz CT molecular complexity index is 655. The summed E-state index contributed by atoms with van der Waals surface area (Å²) in [6.07, 6.45) is 2.01. The van der Waals surface area contributed by atoms with E-state index in [4.69, 9.17) is 16.3 Å². The van der Waals surface area contributed by atoms with Crippen molar-refractivity contribution >= 4 is 23.5 Å².